The molecule has 2 aliphatic heterocycles. The van der Waals surface area contributed by atoms with E-state index in [1.165, 1.54) is 109 Å². The second-order valence-electron chi connectivity index (χ2n) is 19.7. The van der Waals surface area contributed by atoms with Gasteiger partial charge in [-0.25, -0.2) is 0 Å². The third kappa shape index (κ3) is 31.4. The zero-order valence-electron chi connectivity index (χ0n) is 44.2. The van der Waals surface area contributed by atoms with Crippen LogP contribution in [0.15, 0.2) is 48.6 Å². The van der Waals surface area contributed by atoms with Gasteiger partial charge in [0, 0.05) is 13.0 Å². The summed E-state index contributed by atoms with van der Waals surface area (Å²) in [6.07, 6.45) is 35.9. The summed E-state index contributed by atoms with van der Waals surface area (Å²) in [6, 6.07) is 0. The minimum atomic E-state index is -1.71. The smallest absolute Gasteiger partial charge is 0.306 e. The van der Waals surface area contributed by atoms with Crippen LogP contribution in [0.5, 0.6) is 0 Å². The van der Waals surface area contributed by atoms with Crippen molar-refractivity contribution in [1.82, 2.24) is 0 Å². The lowest BCUT2D eigenvalue weighted by molar-refractivity contribution is -0.332. The molecule has 11 atom stereocenters. The van der Waals surface area contributed by atoms with Crippen LogP contribution in [0.3, 0.4) is 0 Å². The van der Waals surface area contributed by atoms with Crippen molar-refractivity contribution in [3.8, 4) is 0 Å². The van der Waals surface area contributed by atoms with Gasteiger partial charge in [0.1, 0.15) is 54.9 Å². The Balaban J connectivity index is 1.72. The highest BCUT2D eigenvalue weighted by Crippen LogP contribution is 2.26. The molecule has 0 amide bonds. The van der Waals surface area contributed by atoms with Gasteiger partial charge < -0.3 is 64.2 Å². The van der Waals surface area contributed by atoms with Crippen LogP contribution in [0, 0.1) is 0 Å². The largest absolute Gasteiger partial charge is 0.457 e. The third-order valence-corrected chi connectivity index (χ3v) is 13.4. The van der Waals surface area contributed by atoms with Crippen molar-refractivity contribution >= 4 is 5.97 Å². The standard InChI is InChI=1S/C57H102O14/c1-3-5-7-9-11-13-15-17-19-20-21-22-23-24-25-27-29-31-33-35-37-39-41-66-43-46(69-49(59)40-38-36-34-32-30-28-26-18-16-14-12-10-8-6-4-2)44-67-56-55(65)53(63)51(61)48(71-56)45-68-57-54(64)52(62)50(60)47(42-58)70-57/h5,7,11,13,17,19,21-22,46-48,50-58,60-65H,3-4,6,8-10,12,14-16,18,20,23-45H2,1-2H3/b7-5-,13-11-,19-17-,22-21-. The Labute approximate surface area is 429 Å². The molecule has 7 N–H and O–H groups in total. The lowest BCUT2D eigenvalue weighted by atomic mass is 9.98. The van der Waals surface area contributed by atoms with E-state index in [1.54, 1.807) is 0 Å². The normalized spacial score (nSPS) is 25.6. The van der Waals surface area contributed by atoms with E-state index in [-0.39, 0.29) is 25.6 Å². The number of aliphatic hydroxyl groups is 7. The minimum Gasteiger partial charge on any atom is -0.457 e. The second kappa shape index (κ2) is 44.3. The average Bonchev–Trinajstić information content (AvgIpc) is 3.37. The Kier molecular flexibility index (Phi) is 40.6. The molecule has 0 aliphatic carbocycles. The van der Waals surface area contributed by atoms with Crippen molar-refractivity contribution in [2.75, 3.05) is 33.0 Å². The van der Waals surface area contributed by atoms with Gasteiger partial charge in [-0.05, 0) is 51.4 Å². The Morgan fingerprint density at radius 1 is 0.479 bits per heavy atom. The highest BCUT2D eigenvalue weighted by Gasteiger charge is 2.47. The summed E-state index contributed by atoms with van der Waals surface area (Å²) in [6.45, 7) is 3.58. The fraction of sp³-hybridized carbons (Fsp3) is 0.842. The zero-order chi connectivity index (χ0) is 51.6. The number of carbonyl (C=O) groups is 1. The first kappa shape index (κ1) is 65.1. The summed E-state index contributed by atoms with van der Waals surface area (Å²) in [4.78, 5) is 13.0. The highest BCUT2D eigenvalue weighted by molar-refractivity contribution is 5.69. The number of hydrogen-bond acceptors (Lipinski definition) is 14. The maximum absolute atomic E-state index is 13.0. The van der Waals surface area contributed by atoms with E-state index >= 15 is 0 Å². The van der Waals surface area contributed by atoms with Crippen molar-refractivity contribution in [3.05, 3.63) is 48.6 Å². The Hall–Kier alpha value is -2.05. The first-order valence-corrected chi connectivity index (χ1v) is 28.2. The monoisotopic (exact) mass is 1010 g/mol. The lowest BCUT2D eigenvalue weighted by Gasteiger charge is -2.42. The molecule has 2 rings (SSSR count). The summed E-state index contributed by atoms with van der Waals surface area (Å²) in [5.74, 6) is -0.377. The molecule has 11 unspecified atom stereocenters. The number of carbonyl (C=O) groups excluding carboxylic acids is 1. The van der Waals surface area contributed by atoms with Crippen LogP contribution in [0.25, 0.3) is 0 Å². The number of aliphatic hydroxyl groups excluding tert-OH is 7. The summed E-state index contributed by atoms with van der Waals surface area (Å²) in [5, 5.41) is 72.3. The SMILES string of the molecule is CC/C=C\C/C=C\C/C=C\C/C=C\CCCCCCCCCCCOCC(COC1OC(COC2OC(CO)C(O)C(O)C2O)C(O)C(O)C1O)OC(=O)CCCCCCCCCCCCCCCCC. The summed E-state index contributed by atoms with van der Waals surface area (Å²) < 4.78 is 34.4. The van der Waals surface area contributed by atoms with E-state index in [2.05, 4.69) is 62.5 Å². The first-order valence-electron chi connectivity index (χ1n) is 28.2. The Morgan fingerprint density at radius 2 is 0.915 bits per heavy atom. The molecule has 0 saturated carbocycles. The van der Waals surface area contributed by atoms with Crippen molar-refractivity contribution in [2.45, 2.75) is 274 Å². The summed E-state index contributed by atoms with van der Waals surface area (Å²) >= 11 is 0. The van der Waals surface area contributed by atoms with E-state index in [0.29, 0.717) is 13.0 Å². The fourth-order valence-corrected chi connectivity index (χ4v) is 8.81. The van der Waals surface area contributed by atoms with Crippen molar-refractivity contribution in [2.24, 2.45) is 0 Å². The predicted molar refractivity (Wildman–Crippen MR) is 279 cm³/mol. The summed E-state index contributed by atoms with van der Waals surface area (Å²) in [5.41, 5.74) is 0. The van der Waals surface area contributed by atoms with Crippen LogP contribution in [0.4, 0.5) is 0 Å². The van der Waals surface area contributed by atoms with E-state index < -0.39 is 80.7 Å². The van der Waals surface area contributed by atoms with Crippen LogP contribution in [-0.2, 0) is 33.2 Å². The first-order chi connectivity index (χ1) is 34.6. The molecule has 2 heterocycles. The predicted octanol–water partition coefficient (Wildman–Crippen LogP) is 9.52. The Morgan fingerprint density at radius 3 is 1.44 bits per heavy atom. The molecule has 0 bridgehead atoms. The summed E-state index contributed by atoms with van der Waals surface area (Å²) in [7, 11) is 0. The molecule has 2 saturated heterocycles. The van der Waals surface area contributed by atoms with Crippen molar-refractivity contribution in [3.63, 3.8) is 0 Å². The molecule has 2 aliphatic rings. The molecule has 2 fully saturated rings. The molecule has 0 aromatic rings. The number of allylic oxidation sites excluding steroid dienone is 8. The molecular formula is C57H102O14. The van der Waals surface area contributed by atoms with Crippen molar-refractivity contribution < 1.29 is 69.0 Å². The Bertz CT molecular complexity index is 1360. The van der Waals surface area contributed by atoms with E-state index in [1.807, 2.05) is 0 Å². The minimum absolute atomic E-state index is 0.0587. The molecule has 0 aromatic carbocycles. The molecule has 0 aromatic heterocycles. The van der Waals surface area contributed by atoms with Gasteiger partial charge in [0.05, 0.1) is 26.4 Å². The third-order valence-electron chi connectivity index (χ3n) is 13.4. The number of unbranched alkanes of at least 4 members (excludes halogenated alkanes) is 23. The quantitative estimate of drug-likeness (QED) is 0.0172. The zero-order valence-corrected chi connectivity index (χ0v) is 44.2. The number of esters is 1. The second-order valence-corrected chi connectivity index (χ2v) is 19.7. The van der Waals surface area contributed by atoms with Gasteiger partial charge >= 0.3 is 5.97 Å². The van der Waals surface area contributed by atoms with Crippen molar-refractivity contribution in [1.29, 1.82) is 0 Å². The average molecular weight is 1010 g/mol. The maximum Gasteiger partial charge on any atom is 0.306 e. The number of rotatable bonds is 45. The van der Waals surface area contributed by atoms with E-state index in [4.69, 9.17) is 28.4 Å². The van der Waals surface area contributed by atoms with Gasteiger partial charge in [0.15, 0.2) is 12.6 Å². The highest BCUT2D eigenvalue weighted by atomic mass is 16.7. The van der Waals surface area contributed by atoms with Gasteiger partial charge in [-0.3, -0.25) is 4.79 Å². The maximum atomic E-state index is 13.0. The van der Waals surface area contributed by atoms with Gasteiger partial charge in [0.2, 0.25) is 0 Å². The topological polar surface area (TPSA) is 214 Å². The van der Waals surface area contributed by atoms with E-state index in [9.17, 15) is 40.5 Å². The van der Waals surface area contributed by atoms with Gasteiger partial charge in [-0.1, -0.05) is 197 Å². The van der Waals surface area contributed by atoms with E-state index in [0.717, 1.165) is 70.6 Å². The number of hydrogen-bond donors (Lipinski definition) is 7. The van der Waals surface area contributed by atoms with Crippen LogP contribution in [0.1, 0.15) is 206 Å². The fourth-order valence-electron chi connectivity index (χ4n) is 8.81. The molecule has 14 heteroatoms. The van der Waals surface area contributed by atoms with Gasteiger partial charge in [0.25, 0.3) is 0 Å². The van der Waals surface area contributed by atoms with Crippen LogP contribution >= 0.6 is 0 Å². The number of ether oxygens (including phenoxy) is 6. The molecular weight excluding hydrogens is 909 g/mol. The lowest BCUT2D eigenvalue weighted by Crippen LogP contribution is -2.61. The van der Waals surface area contributed by atoms with Crippen LogP contribution in [0.2, 0.25) is 0 Å². The van der Waals surface area contributed by atoms with Gasteiger partial charge in [-0.15, -0.1) is 0 Å². The molecule has 0 radical (unpaired) electrons. The van der Waals surface area contributed by atoms with Gasteiger partial charge in [-0.2, -0.15) is 0 Å². The molecule has 71 heavy (non-hydrogen) atoms. The van der Waals surface area contributed by atoms with Crippen LogP contribution < -0.4 is 0 Å². The molecule has 0 spiro atoms. The molecule has 14 nitrogen and oxygen atoms in total. The van der Waals surface area contributed by atoms with Crippen LogP contribution in [-0.4, -0.2) is 142 Å². The molecule has 414 valence electrons.